The highest BCUT2D eigenvalue weighted by molar-refractivity contribution is 5.83. The van der Waals surface area contributed by atoms with E-state index in [1.54, 1.807) is 4.52 Å². The molecule has 4 fully saturated rings. The predicted molar refractivity (Wildman–Crippen MR) is 125 cm³/mol. The molecule has 5 aliphatic rings. The SMILES string of the molecule is O=C([C@@H]1CC12CCC2)N1CCC(c2cc3nc4c(c(=O)n3[nH]2)CN(C2CCCC2)CC4)CC1. The van der Waals surface area contributed by atoms with E-state index >= 15 is 0 Å². The van der Waals surface area contributed by atoms with Crippen LogP contribution in [-0.2, 0) is 17.8 Å². The lowest BCUT2D eigenvalue weighted by Gasteiger charge is -2.33. The second kappa shape index (κ2) is 7.42. The molecular weight excluding hydrogens is 414 g/mol. The zero-order valence-electron chi connectivity index (χ0n) is 19.5. The molecule has 1 atom stereocenters. The number of fused-ring (bicyclic) bond motifs is 2. The summed E-state index contributed by atoms with van der Waals surface area (Å²) >= 11 is 0. The van der Waals surface area contributed by atoms with Gasteiger partial charge in [0.1, 0.15) is 0 Å². The highest BCUT2D eigenvalue weighted by Gasteiger charge is 2.61. The number of rotatable bonds is 3. The summed E-state index contributed by atoms with van der Waals surface area (Å²) in [5.74, 6) is 1.08. The molecule has 7 heteroatoms. The number of hydrogen-bond donors (Lipinski definition) is 1. The molecule has 2 aromatic heterocycles. The summed E-state index contributed by atoms with van der Waals surface area (Å²) in [5.41, 5.74) is 4.22. The Bertz CT molecular complexity index is 1150. The molecule has 3 aliphatic carbocycles. The minimum atomic E-state index is 0.0797. The third kappa shape index (κ3) is 3.22. The van der Waals surface area contributed by atoms with Crippen LogP contribution < -0.4 is 5.56 Å². The van der Waals surface area contributed by atoms with E-state index in [4.69, 9.17) is 4.98 Å². The zero-order valence-corrected chi connectivity index (χ0v) is 19.5. The minimum absolute atomic E-state index is 0.0797. The van der Waals surface area contributed by atoms with Crippen molar-refractivity contribution in [2.75, 3.05) is 19.6 Å². The van der Waals surface area contributed by atoms with Gasteiger partial charge in [0.15, 0.2) is 5.65 Å². The van der Waals surface area contributed by atoms with Crippen LogP contribution in [0.3, 0.4) is 0 Å². The van der Waals surface area contributed by atoms with Crippen LogP contribution in [0.25, 0.3) is 5.65 Å². The minimum Gasteiger partial charge on any atom is -0.342 e. The molecule has 0 bridgehead atoms. The Labute approximate surface area is 194 Å². The van der Waals surface area contributed by atoms with E-state index in [9.17, 15) is 9.59 Å². The van der Waals surface area contributed by atoms with Crippen molar-refractivity contribution in [1.29, 1.82) is 0 Å². The van der Waals surface area contributed by atoms with E-state index in [-0.39, 0.29) is 5.56 Å². The summed E-state index contributed by atoms with van der Waals surface area (Å²) < 4.78 is 1.67. The van der Waals surface area contributed by atoms with Crippen molar-refractivity contribution in [3.8, 4) is 0 Å². The highest BCUT2D eigenvalue weighted by Crippen LogP contribution is 2.66. The number of nitrogens with zero attached hydrogens (tertiary/aromatic N) is 4. The van der Waals surface area contributed by atoms with Crippen LogP contribution in [0.5, 0.6) is 0 Å². The number of hydrogen-bond acceptors (Lipinski definition) is 4. The van der Waals surface area contributed by atoms with Gasteiger partial charge in [0.2, 0.25) is 5.91 Å². The van der Waals surface area contributed by atoms with Crippen LogP contribution in [0.1, 0.15) is 87.1 Å². The topological polar surface area (TPSA) is 73.7 Å². The molecule has 0 unspecified atom stereocenters. The quantitative estimate of drug-likeness (QED) is 0.781. The van der Waals surface area contributed by atoms with Gasteiger partial charge in [-0.1, -0.05) is 19.3 Å². The number of amides is 1. The Hall–Kier alpha value is -2.15. The van der Waals surface area contributed by atoms with Crippen LogP contribution in [0, 0.1) is 11.3 Å². The van der Waals surface area contributed by atoms with Crippen molar-refractivity contribution in [1.82, 2.24) is 24.4 Å². The van der Waals surface area contributed by atoms with Gasteiger partial charge < -0.3 is 4.90 Å². The van der Waals surface area contributed by atoms with Gasteiger partial charge in [-0.05, 0) is 50.4 Å². The van der Waals surface area contributed by atoms with Crippen LogP contribution in [0.15, 0.2) is 10.9 Å². The summed E-state index contributed by atoms with van der Waals surface area (Å²) in [6, 6.07) is 2.72. The maximum atomic E-state index is 13.4. The first-order valence-corrected chi connectivity index (χ1v) is 13.3. The maximum absolute atomic E-state index is 13.4. The normalized spacial score (nSPS) is 27.8. The van der Waals surface area contributed by atoms with Crippen molar-refractivity contribution in [2.24, 2.45) is 11.3 Å². The number of carbonyl (C=O) groups excluding carboxylic acids is 1. The molecule has 176 valence electrons. The smallest absolute Gasteiger partial charge is 0.277 e. The van der Waals surface area contributed by atoms with Gasteiger partial charge in [-0.25, -0.2) is 9.50 Å². The Morgan fingerprint density at radius 3 is 2.55 bits per heavy atom. The first-order valence-electron chi connectivity index (χ1n) is 13.3. The van der Waals surface area contributed by atoms with Crippen molar-refractivity contribution in [3.63, 3.8) is 0 Å². The van der Waals surface area contributed by atoms with E-state index in [1.165, 1.54) is 44.9 Å². The molecule has 4 heterocycles. The second-order valence-corrected chi connectivity index (χ2v) is 11.5. The van der Waals surface area contributed by atoms with Crippen LogP contribution in [0.4, 0.5) is 0 Å². The van der Waals surface area contributed by atoms with Crippen LogP contribution in [-0.4, -0.2) is 56.0 Å². The van der Waals surface area contributed by atoms with Crippen LogP contribution >= 0.6 is 0 Å². The van der Waals surface area contributed by atoms with E-state index in [1.807, 2.05) is 0 Å². The fraction of sp³-hybridized carbons (Fsp3) is 0.731. The standard InChI is InChI=1S/C26H35N5O2/c32-24-19-16-30(18-4-1-2-5-18)13-8-21(19)27-23-14-22(28-31(23)24)17-6-11-29(12-7-17)25(33)20-15-26(20)9-3-10-26/h14,17-18,20,28H,1-13,15-16H2/t20-/m0/s1. The van der Waals surface area contributed by atoms with E-state index < -0.39 is 0 Å². The Balaban J connectivity index is 1.07. The lowest BCUT2D eigenvalue weighted by Crippen LogP contribution is -2.41. The van der Waals surface area contributed by atoms with Gasteiger partial charge in [-0.3, -0.25) is 19.6 Å². The second-order valence-electron chi connectivity index (χ2n) is 11.5. The number of likely N-dealkylation sites (tertiary alicyclic amines) is 1. The van der Waals surface area contributed by atoms with Gasteiger partial charge in [0.05, 0.1) is 11.3 Å². The predicted octanol–water partition coefficient (Wildman–Crippen LogP) is 3.22. The summed E-state index contributed by atoms with van der Waals surface area (Å²) in [7, 11) is 0. The largest absolute Gasteiger partial charge is 0.342 e. The molecule has 2 aromatic rings. The lowest BCUT2D eigenvalue weighted by molar-refractivity contribution is -0.135. The summed E-state index contributed by atoms with van der Waals surface area (Å²) in [6.07, 6.45) is 12.9. The average Bonchev–Trinajstić information content (AvgIpc) is 3.14. The van der Waals surface area contributed by atoms with E-state index in [2.05, 4.69) is 21.0 Å². The average molecular weight is 450 g/mol. The molecule has 7 rings (SSSR count). The Kier molecular flexibility index (Phi) is 4.55. The summed E-state index contributed by atoms with van der Waals surface area (Å²) in [6.45, 7) is 3.43. The molecule has 1 saturated heterocycles. The molecular formula is C26H35N5O2. The monoisotopic (exact) mass is 449 g/mol. The molecule has 1 spiro atoms. The van der Waals surface area contributed by atoms with Crippen molar-refractivity contribution in [2.45, 2.75) is 89.1 Å². The van der Waals surface area contributed by atoms with E-state index in [0.29, 0.717) is 29.2 Å². The molecule has 33 heavy (non-hydrogen) atoms. The number of carbonyl (C=O) groups is 1. The van der Waals surface area contributed by atoms with Gasteiger partial charge in [0.25, 0.3) is 5.56 Å². The van der Waals surface area contributed by atoms with Crippen molar-refractivity contribution >= 4 is 11.6 Å². The lowest BCUT2D eigenvalue weighted by atomic mass is 9.79. The summed E-state index contributed by atoms with van der Waals surface area (Å²) in [5, 5.41) is 3.40. The van der Waals surface area contributed by atoms with Gasteiger partial charge in [-0.2, -0.15) is 0 Å². The van der Waals surface area contributed by atoms with Gasteiger partial charge >= 0.3 is 0 Å². The molecule has 2 aliphatic heterocycles. The fourth-order valence-electron chi connectivity index (χ4n) is 7.32. The van der Waals surface area contributed by atoms with E-state index in [0.717, 1.165) is 74.5 Å². The zero-order chi connectivity index (χ0) is 22.2. The molecule has 1 amide bonds. The Morgan fingerprint density at radius 1 is 1.06 bits per heavy atom. The highest BCUT2D eigenvalue weighted by atomic mass is 16.2. The third-order valence-electron chi connectivity index (χ3n) is 9.74. The molecule has 1 N–H and O–H groups in total. The fourth-order valence-corrected chi connectivity index (χ4v) is 7.32. The van der Waals surface area contributed by atoms with Crippen molar-refractivity contribution in [3.05, 3.63) is 33.4 Å². The van der Waals surface area contributed by atoms with Gasteiger partial charge in [-0.15, -0.1) is 0 Å². The number of aromatic nitrogens is 3. The molecule has 3 saturated carbocycles. The number of H-pyrrole nitrogens is 1. The molecule has 7 nitrogen and oxygen atoms in total. The number of piperidine rings is 1. The first kappa shape index (κ1) is 20.2. The first-order chi connectivity index (χ1) is 16.1. The Morgan fingerprint density at radius 2 is 1.85 bits per heavy atom. The molecule has 0 radical (unpaired) electrons. The van der Waals surface area contributed by atoms with Crippen LogP contribution in [0.2, 0.25) is 0 Å². The molecule has 0 aromatic carbocycles. The summed E-state index contributed by atoms with van der Waals surface area (Å²) in [4.78, 5) is 35.8. The third-order valence-corrected chi connectivity index (χ3v) is 9.74. The number of nitrogens with one attached hydrogen (secondary N) is 1. The number of aromatic amines is 1. The van der Waals surface area contributed by atoms with Gasteiger partial charge in [0, 0.05) is 62.2 Å². The van der Waals surface area contributed by atoms with Crippen molar-refractivity contribution < 1.29 is 4.79 Å². The maximum Gasteiger partial charge on any atom is 0.277 e.